The Morgan fingerprint density at radius 3 is 2.74 bits per heavy atom. The molecule has 31 heavy (non-hydrogen) atoms. The number of aryl methyl sites for hydroxylation is 1. The third-order valence-corrected chi connectivity index (χ3v) is 5.83. The summed E-state index contributed by atoms with van der Waals surface area (Å²) in [6.07, 6.45) is 10.2. The molecule has 0 unspecified atom stereocenters. The average Bonchev–Trinajstić information content (AvgIpc) is 3.20. The number of benzene rings is 1. The molecule has 1 fully saturated rings. The molecule has 0 aliphatic heterocycles. The van der Waals surface area contributed by atoms with E-state index >= 15 is 0 Å². The molecule has 4 rings (SSSR count). The van der Waals surface area contributed by atoms with Gasteiger partial charge in [0, 0.05) is 38.0 Å². The van der Waals surface area contributed by atoms with Gasteiger partial charge in [-0.05, 0) is 36.5 Å². The van der Waals surface area contributed by atoms with Crippen molar-refractivity contribution < 1.29 is 9.90 Å². The number of carboxylic acid groups (broad SMARTS) is 1. The quantitative estimate of drug-likeness (QED) is 0.656. The van der Waals surface area contributed by atoms with Crippen molar-refractivity contribution >= 4 is 11.8 Å². The molecule has 0 spiro atoms. The van der Waals surface area contributed by atoms with Gasteiger partial charge in [0.05, 0.1) is 12.4 Å². The maximum atomic E-state index is 12.4. The number of anilines is 1. The predicted molar refractivity (Wildman–Crippen MR) is 118 cm³/mol. The summed E-state index contributed by atoms with van der Waals surface area (Å²) in [5.41, 5.74) is 2.50. The highest BCUT2D eigenvalue weighted by Crippen LogP contribution is 2.27. The first-order valence-electron chi connectivity index (χ1n) is 10.7. The second kappa shape index (κ2) is 9.16. The molecule has 0 radical (unpaired) electrons. The number of aromatic nitrogens is 4. The molecule has 1 amide bonds. The average molecular weight is 422 g/mol. The molecule has 1 aliphatic rings. The van der Waals surface area contributed by atoms with E-state index in [1.165, 1.54) is 30.2 Å². The highest BCUT2D eigenvalue weighted by atomic mass is 16.4. The second-order valence-corrected chi connectivity index (χ2v) is 8.19. The molecule has 2 heterocycles. The number of carbonyl (C=O) groups is 1. The Bertz CT molecular complexity index is 1110. The van der Waals surface area contributed by atoms with Crippen LogP contribution in [0.4, 0.5) is 10.5 Å². The Morgan fingerprint density at radius 2 is 2.03 bits per heavy atom. The maximum absolute atomic E-state index is 12.4. The minimum Gasteiger partial charge on any atom is -0.465 e. The first kappa shape index (κ1) is 20.8. The summed E-state index contributed by atoms with van der Waals surface area (Å²) < 4.78 is 3.30. The van der Waals surface area contributed by atoms with Crippen LogP contribution >= 0.6 is 0 Å². The Labute approximate surface area is 180 Å². The molecule has 1 saturated carbocycles. The van der Waals surface area contributed by atoms with Gasteiger partial charge in [-0.1, -0.05) is 31.4 Å². The van der Waals surface area contributed by atoms with Gasteiger partial charge < -0.3 is 5.11 Å². The number of rotatable bonds is 6. The smallest absolute Gasteiger partial charge is 0.411 e. The minimum atomic E-state index is -0.945. The third-order valence-electron chi connectivity index (χ3n) is 5.83. The number of hydrogen-bond acceptors (Lipinski definition) is 4. The van der Waals surface area contributed by atoms with Crippen LogP contribution in [0, 0.1) is 5.92 Å². The molecule has 8 heteroatoms. The fraction of sp³-hybridized carbons (Fsp3) is 0.391. The monoisotopic (exact) mass is 421 g/mol. The van der Waals surface area contributed by atoms with Gasteiger partial charge >= 0.3 is 6.09 Å². The molecular formula is C23H27N5O3. The fourth-order valence-electron chi connectivity index (χ4n) is 4.19. The van der Waals surface area contributed by atoms with Crippen LogP contribution in [0.15, 0.2) is 53.7 Å². The molecule has 0 bridgehead atoms. The Kier molecular flexibility index (Phi) is 6.16. The molecule has 2 aromatic heterocycles. The van der Waals surface area contributed by atoms with Crippen molar-refractivity contribution in [1.82, 2.24) is 19.6 Å². The zero-order valence-electron chi connectivity index (χ0n) is 17.6. The van der Waals surface area contributed by atoms with Crippen molar-refractivity contribution in [2.45, 2.75) is 38.5 Å². The second-order valence-electron chi connectivity index (χ2n) is 8.19. The van der Waals surface area contributed by atoms with Gasteiger partial charge in [0.25, 0.3) is 0 Å². The van der Waals surface area contributed by atoms with E-state index in [0.29, 0.717) is 30.3 Å². The molecule has 0 atom stereocenters. The van der Waals surface area contributed by atoms with E-state index < -0.39 is 6.09 Å². The standard InChI is InChI=1S/C23H27N5O3/c1-26-16-20(14-24-26)28-11-10-22(29)21(25-28)13-18-8-5-9-19(12-18)27(23(30)31)15-17-6-3-2-4-7-17/h5,8-12,14,16-17H,2-4,6-7,13,15H2,1H3,(H,30,31). The van der Waals surface area contributed by atoms with Gasteiger partial charge in [-0.3, -0.25) is 14.4 Å². The molecule has 1 aliphatic carbocycles. The zero-order valence-corrected chi connectivity index (χ0v) is 17.6. The molecule has 162 valence electrons. The van der Waals surface area contributed by atoms with Gasteiger partial charge in [-0.15, -0.1) is 0 Å². The van der Waals surface area contributed by atoms with Gasteiger partial charge in [0.2, 0.25) is 5.43 Å². The van der Waals surface area contributed by atoms with Crippen LogP contribution in [0.3, 0.4) is 0 Å². The molecule has 8 nitrogen and oxygen atoms in total. The van der Waals surface area contributed by atoms with Crippen LogP contribution < -0.4 is 10.3 Å². The summed E-state index contributed by atoms with van der Waals surface area (Å²) in [5, 5.41) is 18.4. The van der Waals surface area contributed by atoms with Gasteiger partial charge in [-0.2, -0.15) is 10.2 Å². The summed E-state index contributed by atoms with van der Waals surface area (Å²) in [4.78, 5) is 25.8. The Balaban J connectivity index is 1.56. The number of hydrogen-bond donors (Lipinski definition) is 1. The normalized spacial score (nSPS) is 14.5. The number of nitrogens with zero attached hydrogens (tertiary/aromatic N) is 5. The third kappa shape index (κ3) is 5.02. The van der Waals surface area contributed by atoms with Gasteiger partial charge in [0.15, 0.2) is 0 Å². The topological polar surface area (TPSA) is 93.2 Å². The Morgan fingerprint density at radius 1 is 1.23 bits per heavy atom. The van der Waals surface area contributed by atoms with Crippen LogP contribution in [0.25, 0.3) is 5.69 Å². The predicted octanol–water partition coefficient (Wildman–Crippen LogP) is 3.62. The lowest BCUT2D eigenvalue weighted by Crippen LogP contribution is -2.35. The molecule has 0 saturated heterocycles. The first-order valence-corrected chi connectivity index (χ1v) is 10.7. The maximum Gasteiger partial charge on any atom is 0.411 e. The Hall–Kier alpha value is -3.42. The van der Waals surface area contributed by atoms with Crippen LogP contribution in [0.1, 0.15) is 43.4 Å². The van der Waals surface area contributed by atoms with E-state index in [1.807, 2.05) is 37.5 Å². The zero-order chi connectivity index (χ0) is 21.8. The fourth-order valence-corrected chi connectivity index (χ4v) is 4.19. The lowest BCUT2D eigenvalue weighted by molar-refractivity contribution is 0.199. The summed E-state index contributed by atoms with van der Waals surface area (Å²) in [7, 11) is 1.82. The van der Waals surface area contributed by atoms with E-state index in [1.54, 1.807) is 21.8 Å². The molecular weight excluding hydrogens is 394 g/mol. The van der Waals surface area contributed by atoms with Crippen molar-refractivity contribution in [2.24, 2.45) is 13.0 Å². The van der Waals surface area contributed by atoms with Gasteiger partial charge in [-0.25, -0.2) is 9.48 Å². The first-order chi connectivity index (χ1) is 15.0. The van der Waals surface area contributed by atoms with Crippen molar-refractivity contribution in [3.05, 3.63) is 70.4 Å². The van der Waals surface area contributed by atoms with E-state index in [9.17, 15) is 14.7 Å². The van der Waals surface area contributed by atoms with Crippen LogP contribution in [0.5, 0.6) is 0 Å². The largest absolute Gasteiger partial charge is 0.465 e. The molecule has 1 N–H and O–H groups in total. The highest BCUT2D eigenvalue weighted by Gasteiger charge is 2.22. The van der Waals surface area contributed by atoms with Crippen molar-refractivity contribution in [3.63, 3.8) is 0 Å². The van der Waals surface area contributed by atoms with E-state index in [-0.39, 0.29) is 5.43 Å². The molecule has 1 aromatic carbocycles. The summed E-state index contributed by atoms with van der Waals surface area (Å²) in [6.45, 7) is 0.510. The number of amides is 1. The lowest BCUT2D eigenvalue weighted by atomic mass is 9.89. The van der Waals surface area contributed by atoms with Gasteiger partial charge in [0.1, 0.15) is 11.4 Å². The van der Waals surface area contributed by atoms with E-state index in [0.717, 1.165) is 24.1 Å². The molecule has 3 aromatic rings. The lowest BCUT2D eigenvalue weighted by Gasteiger charge is -2.28. The van der Waals surface area contributed by atoms with Crippen LogP contribution in [-0.2, 0) is 13.5 Å². The SMILES string of the molecule is Cn1cc(-n2ccc(=O)c(Cc3cccc(N(CC4CCCCC4)C(=O)O)c3)n2)cn1. The summed E-state index contributed by atoms with van der Waals surface area (Å²) in [5.74, 6) is 0.399. The van der Waals surface area contributed by atoms with E-state index in [2.05, 4.69) is 10.2 Å². The summed E-state index contributed by atoms with van der Waals surface area (Å²) in [6, 6.07) is 8.88. The van der Waals surface area contributed by atoms with Crippen molar-refractivity contribution in [3.8, 4) is 5.69 Å². The summed E-state index contributed by atoms with van der Waals surface area (Å²) >= 11 is 0. The van der Waals surface area contributed by atoms with Crippen molar-refractivity contribution in [2.75, 3.05) is 11.4 Å². The van der Waals surface area contributed by atoms with Crippen LogP contribution in [-0.4, -0.2) is 37.3 Å². The minimum absolute atomic E-state index is 0.150. The van der Waals surface area contributed by atoms with Crippen LogP contribution in [0.2, 0.25) is 0 Å². The van der Waals surface area contributed by atoms with Crippen molar-refractivity contribution in [1.29, 1.82) is 0 Å². The van der Waals surface area contributed by atoms with E-state index in [4.69, 9.17) is 0 Å². The highest BCUT2D eigenvalue weighted by molar-refractivity contribution is 5.86.